The summed E-state index contributed by atoms with van der Waals surface area (Å²) in [5.41, 5.74) is 3.11. The molecule has 0 bridgehead atoms. The summed E-state index contributed by atoms with van der Waals surface area (Å²) >= 11 is 0. The zero-order valence-corrected chi connectivity index (χ0v) is 15.0. The molecule has 1 saturated carbocycles. The fourth-order valence-corrected chi connectivity index (χ4v) is 5.14. The predicted molar refractivity (Wildman–Crippen MR) is 103 cm³/mol. The first-order chi connectivity index (χ1) is 12.3. The molecule has 0 amide bonds. The fraction of sp³-hybridized carbons (Fsp3) is 0.478. The molecule has 2 atom stereocenters. The molecule has 2 aromatic rings. The van der Waals surface area contributed by atoms with Gasteiger partial charge in [-0.1, -0.05) is 55.3 Å². The summed E-state index contributed by atoms with van der Waals surface area (Å²) in [6.45, 7) is 3.55. The third-order valence-electron chi connectivity index (χ3n) is 6.54. The molecule has 25 heavy (non-hydrogen) atoms. The van der Waals surface area contributed by atoms with E-state index in [9.17, 15) is 5.11 Å². The molecule has 2 fully saturated rings. The van der Waals surface area contributed by atoms with Gasteiger partial charge >= 0.3 is 0 Å². The Morgan fingerprint density at radius 2 is 1.88 bits per heavy atom. The fourth-order valence-electron chi connectivity index (χ4n) is 5.14. The second kappa shape index (κ2) is 7.21. The van der Waals surface area contributed by atoms with E-state index in [1.165, 1.54) is 56.3 Å². The van der Waals surface area contributed by atoms with Crippen LogP contribution >= 0.6 is 0 Å². The van der Waals surface area contributed by atoms with Gasteiger partial charge in [0.1, 0.15) is 5.75 Å². The monoisotopic (exact) mass is 335 g/mol. The Balaban J connectivity index is 1.48. The number of aromatic hydroxyl groups is 1. The van der Waals surface area contributed by atoms with Crippen molar-refractivity contribution in [3.05, 3.63) is 65.7 Å². The first-order valence-corrected chi connectivity index (χ1v) is 9.82. The number of hydrogen-bond acceptors (Lipinski definition) is 2. The molecule has 1 heterocycles. The van der Waals surface area contributed by atoms with Crippen molar-refractivity contribution in [2.75, 3.05) is 19.6 Å². The molecule has 0 aromatic heterocycles. The molecule has 2 heteroatoms. The lowest BCUT2D eigenvalue weighted by Crippen LogP contribution is -2.51. The molecule has 0 unspecified atom stereocenters. The van der Waals surface area contributed by atoms with Crippen molar-refractivity contribution in [3.63, 3.8) is 0 Å². The summed E-state index contributed by atoms with van der Waals surface area (Å²) in [5.74, 6) is 1.15. The van der Waals surface area contributed by atoms with Crippen LogP contribution in [0.4, 0.5) is 0 Å². The summed E-state index contributed by atoms with van der Waals surface area (Å²) < 4.78 is 0. The summed E-state index contributed by atoms with van der Waals surface area (Å²) in [6.07, 6.45) is 7.68. The maximum atomic E-state index is 9.98. The first-order valence-electron chi connectivity index (χ1n) is 9.82. The van der Waals surface area contributed by atoms with E-state index in [0.29, 0.717) is 11.2 Å². The average molecular weight is 335 g/mol. The van der Waals surface area contributed by atoms with Gasteiger partial charge in [-0.05, 0) is 61.4 Å². The molecule has 0 spiro atoms. The average Bonchev–Trinajstić information content (AvgIpc) is 2.67. The molecule has 132 valence electrons. The lowest BCUT2D eigenvalue weighted by molar-refractivity contribution is 0.0568. The van der Waals surface area contributed by atoms with Crippen LogP contribution < -0.4 is 0 Å². The number of hydrogen-bond donors (Lipinski definition) is 1. The topological polar surface area (TPSA) is 23.5 Å². The van der Waals surface area contributed by atoms with Crippen molar-refractivity contribution >= 4 is 0 Å². The Morgan fingerprint density at radius 3 is 2.72 bits per heavy atom. The SMILES string of the molecule is Oc1cccc([C@@]23CCCC[C@@H]2CN(CCc2ccccc2)CC3)c1. The summed E-state index contributed by atoms with van der Waals surface area (Å²) in [7, 11) is 0. The van der Waals surface area contributed by atoms with Crippen LogP contribution in [0.15, 0.2) is 54.6 Å². The Hall–Kier alpha value is -1.80. The van der Waals surface area contributed by atoms with Gasteiger partial charge in [0.25, 0.3) is 0 Å². The second-order valence-electron chi connectivity index (χ2n) is 7.94. The smallest absolute Gasteiger partial charge is 0.115 e. The van der Waals surface area contributed by atoms with Crippen molar-refractivity contribution in [2.45, 2.75) is 43.9 Å². The standard InChI is InChI=1S/C23H29NO/c25-22-11-6-10-20(17-22)23-13-5-4-9-21(23)18-24(16-14-23)15-12-19-7-2-1-3-8-19/h1-3,6-8,10-11,17,21,25H,4-5,9,12-16,18H2/t21-,23+/m1/s1. The maximum absolute atomic E-state index is 9.98. The molecule has 1 aliphatic carbocycles. The van der Waals surface area contributed by atoms with Crippen molar-refractivity contribution < 1.29 is 5.11 Å². The third kappa shape index (κ3) is 3.46. The first kappa shape index (κ1) is 16.7. The highest BCUT2D eigenvalue weighted by Gasteiger charge is 2.45. The van der Waals surface area contributed by atoms with Crippen LogP contribution in [0.3, 0.4) is 0 Å². The minimum absolute atomic E-state index is 0.292. The largest absolute Gasteiger partial charge is 0.508 e. The molecular formula is C23H29NO. The highest BCUT2D eigenvalue weighted by molar-refractivity contribution is 5.35. The molecule has 2 nitrogen and oxygen atoms in total. The summed E-state index contributed by atoms with van der Waals surface area (Å²) in [4.78, 5) is 2.67. The van der Waals surface area contributed by atoms with Crippen LogP contribution in [0.2, 0.25) is 0 Å². The third-order valence-corrected chi connectivity index (χ3v) is 6.54. The molecular weight excluding hydrogens is 306 g/mol. The van der Waals surface area contributed by atoms with E-state index >= 15 is 0 Å². The van der Waals surface area contributed by atoms with E-state index in [1.54, 1.807) is 6.07 Å². The number of phenolic OH excluding ortho intramolecular Hbond substituents is 1. The number of piperidine rings is 1. The number of phenols is 1. The molecule has 1 saturated heterocycles. The molecule has 1 N–H and O–H groups in total. The van der Waals surface area contributed by atoms with Crippen LogP contribution in [0.1, 0.15) is 43.2 Å². The second-order valence-corrected chi connectivity index (χ2v) is 7.94. The van der Waals surface area contributed by atoms with Crippen LogP contribution in [0, 0.1) is 5.92 Å². The van der Waals surface area contributed by atoms with Crippen LogP contribution in [-0.4, -0.2) is 29.6 Å². The van der Waals surface area contributed by atoms with Crippen LogP contribution in [0.25, 0.3) is 0 Å². The summed E-state index contributed by atoms with van der Waals surface area (Å²) in [5, 5.41) is 9.98. The van der Waals surface area contributed by atoms with E-state index in [2.05, 4.69) is 41.3 Å². The van der Waals surface area contributed by atoms with Gasteiger partial charge in [0, 0.05) is 18.5 Å². The van der Waals surface area contributed by atoms with E-state index < -0.39 is 0 Å². The zero-order valence-electron chi connectivity index (χ0n) is 15.0. The zero-order chi connectivity index (χ0) is 17.1. The number of nitrogens with zero attached hydrogens (tertiary/aromatic N) is 1. The highest BCUT2D eigenvalue weighted by Crippen LogP contribution is 2.49. The van der Waals surface area contributed by atoms with Crippen molar-refractivity contribution in [2.24, 2.45) is 5.92 Å². The van der Waals surface area contributed by atoms with Gasteiger partial charge in [0.05, 0.1) is 0 Å². The maximum Gasteiger partial charge on any atom is 0.115 e. The van der Waals surface area contributed by atoms with Gasteiger partial charge in [0.15, 0.2) is 0 Å². The predicted octanol–water partition coefficient (Wildman–Crippen LogP) is 4.77. The van der Waals surface area contributed by atoms with Crippen LogP contribution in [0.5, 0.6) is 5.75 Å². The number of fused-ring (bicyclic) bond motifs is 1. The minimum Gasteiger partial charge on any atom is -0.508 e. The van der Waals surface area contributed by atoms with E-state index in [4.69, 9.17) is 0 Å². The minimum atomic E-state index is 0.292. The van der Waals surface area contributed by atoms with Crippen molar-refractivity contribution in [3.8, 4) is 5.75 Å². The molecule has 2 aliphatic rings. The van der Waals surface area contributed by atoms with Gasteiger partial charge in [-0.25, -0.2) is 0 Å². The molecule has 2 aromatic carbocycles. The lowest BCUT2D eigenvalue weighted by atomic mass is 9.59. The normalized spacial score (nSPS) is 27.0. The Labute approximate surface area is 151 Å². The van der Waals surface area contributed by atoms with Gasteiger partial charge in [0.2, 0.25) is 0 Å². The van der Waals surface area contributed by atoms with E-state index in [1.807, 2.05) is 12.1 Å². The Morgan fingerprint density at radius 1 is 1.00 bits per heavy atom. The quantitative estimate of drug-likeness (QED) is 0.870. The Bertz CT molecular complexity index is 698. The molecule has 1 aliphatic heterocycles. The molecule has 4 rings (SSSR count). The number of likely N-dealkylation sites (tertiary alicyclic amines) is 1. The van der Waals surface area contributed by atoms with Crippen molar-refractivity contribution in [1.29, 1.82) is 0 Å². The van der Waals surface area contributed by atoms with Gasteiger partial charge < -0.3 is 10.0 Å². The van der Waals surface area contributed by atoms with Gasteiger partial charge in [-0.15, -0.1) is 0 Å². The number of benzene rings is 2. The summed E-state index contributed by atoms with van der Waals surface area (Å²) in [6, 6.07) is 18.9. The van der Waals surface area contributed by atoms with Crippen molar-refractivity contribution in [1.82, 2.24) is 4.90 Å². The lowest BCUT2D eigenvalue weighted by Gasteiger charge is -2.51. The van der Waals surface area contributed by atoms with Gasteiger partial charge in [-0.3, -0.25) is 0 Å². The number of rotatable bonds is 4. The van der Waals surface area contributed by atoms with Crippen LogP contribution in [-0.2, 0) is 11.8 Å². The van der Waals surface area contributed by atoms with Gasteiger partial charge in [-0.2, -0.15) is 0 Å². The van der Waals surface area contributed by atoms with E-state index in [0.717, 1.165) is 18.9 Å². The Kier molecular flexibility index (Phi) is 4.80. The highest BCUT2D eigenvalue weighted by atomic mass is 16.3. The molecule has 0 radical (unpaired) electrons. The van der Waals surface area contributed by atoms with E-state index in [-0.39, 0.29) is 0 Å².